The van der Waals surface area contributed by atoms with Crippen molar-refractivity contribution in [3.8, 4) is 0 Å². The number of ether oxygens (including phenoxy) is 1. The van der Waals surface area contributed by atoms with E-state index in [0.717, 1.165) is 4.88 Å². The Kier molecular flexibility index (Phi) is 8.53. The third kappa shape index (κ3) is 7.10. The Labute approximate surface area is 177 Å². The first kappa shape index (κ1) is 22.8. The zero-order chi connectivity index (χ0) is 21.4. The summed E-state index contributed by atoms with van der Waals surface area (Å²) in [7, 11) is 0. The minimum absolute atomic E-state index is 0.101. The SMILES string of the molecule is CC(=O)NCCc1ccc(C(=O)COC(=O)C(NC(=O)c2cccs2)C(C)C)s1. The lowest BCUT2D eigenvalue weighted by Crippen LogP contribution is -2.45. The number of ketones is 1. The Balaban J connectivity index is 1.87. The molecule has 2 aromatic rings. The first-order valence-electron chi connectivity index (χ1n) is 9.15. The van der Waals surface area contributed by atoms with Gasteiger partial charge in [-0.1, -0.05) is 19.9 Å². The normalized spacial score (nSPS) is 11.7. The summed E-state index contributed by atoms with van der Waals surface area (Å²) >= 11 is 2.59. The molecule has 1 atom stereocenters. The lowest BCUT2D eigenvalue weighted by Gasteiger charge is -2.20. The van der Waals surface area contributed by atoms with E-state index in [2.05, 4.69) is 10.6 Å². The van der Waals surface area contributed by atoms with Gasteiger partial charge in [-0.3, -0.25) is 14.4 Å². The first-order valence-corrected chi connectivity index (χ1v) is 10.8. The van der Waals surface area contributed by atoms with Gasteiger partial charge < -0.3 is 15.4 Å². The number of nitrogens with one attached hydrogen (secondary N) is 2. The molecule has 7 nitrogen and oxygen atoms in total. The maximum Gasteiger partial charge on any atom is 0.329 e. The summed E-state index contributed by atoms with van der Waals surface area (Å²) in [6, 6.07) is 6.09. The van der Waals surface area contributed by atoms with Gasteiger partial charge in [0.2, 0.25) is 11.7 Å². The van der Waals surface area contributed by atoms with Crippen molar-refractivity contribution in [1.29, 1.82) is 0 Å². The van der Waals surface area contributed by atoms with Crippen molar-refractivity contribution in [1.82, 2.24) is 10.6 Å². The van der Waals surface area contributed by atoms with Crippen molar-refractivity contribution in [2.45, 2.75) is 33.2 Å². The van der Waals surface area contributed by atoms with Crippen molar-refractivity contribution in [2.75, 3.05) is 13.2 Å². The molecule has 2 rings (SSSR count). The summed E-state index contributed by atoms with van der Waals surface area (Å²) in [5, 5.41) is 7.15. The van der Waals surface area contributed by atoms with E-state index in [-0.39, 0.29) is 30.1 Å². The molecule has 0 spiro atoms. The molecule has 0 bridgehead atoms. The number of amides is 2. The summed E-state index contributed by atoms with van der Waals surface area (Å²) in [6.45, 7) is 5.15. The van der Waals surface area contributed by atoms with E-state index in [4.69, 9.17) is 4.74 Å². The Morgan fingerprint density at radius 1 is 1.10 bits per heavy atom. The van der Waals surface area contributed by atoms with Gasteiger partial charge in [-0.15, -0.1) is 22.7 Å². The second kappa shape index (κ2) is 10.9. The second-order valence-corrected chi connectivity index (χ2v) is 8.82. The van der Waals surface area contributed by atoms with Gasteiger partial charge >= 0.3 is 5.97 Å². The number of carbonyl (C=O) groups is 4. The smallest absolute Gasteiger partial charge is 0.329 e. The fraction of sp³-hybridized carbons (Fsp3) is 0.400. The Morgan fingerprint density at radius 2 is 1.86 bits per heavy atom. The van der Waals surface area contributed by atoms with Crippen LogP contribution in [0, 0.1) is 5.92 Å². The lowest BCUT2D eigenvalue weighted by molar-refractivity contribution is -0.145. The van der Waals surface area contributed by atoms with E-state index in [1.54, 1.807) is 37.4 Å². The Bertz CT molecular complexity index is 858. The molecule has 2 amide bonds. The molecule has 2 heterocycles. The first-order chi connectivity index (χ1) is 13.8. The lowest BCUT2D eigenvalue weighted by atomic mass is 10.0. The predicted octanol–water partition coefficient (Wildman–Crippen LogP) is 2.67. The summed E-state index contributed by atoms with van der Waals surface area (Å²) in [6.07, 6.45) is 0.626. The topological polar surface area (TPSA) is 102 Å². The van der Waals surface area contributed by atoms with Crippen molar-refractivity contribution in [3.63, 3.8) is 0 Å². The molecule has 0 aliphatic heterocycles. The van der Waals surface area contributed by atoms with Crippen LogP contribution in [0.25, 0.3) is 0 Å². The zero-order valence-electron chi connectivity index (χ0n) is 16.5. The van der Waals surface area contributed by atoms with E-state index in [9.17, 15) is 19.2 Å². The maximum atomic E-state index is 12.4. The van der Waals surface area contributed by atoms with Crippen molar-refractivity contribution >= 4 is 46.2 Å². The van der Waals surface area contributed by atoms with Crippen LogP contribution in [0.5, 0.6) is 0 Å². The van der Waals surface area contributed by atoms with Gasteiger partial charge in [-0.05, 0) is 35.9 Å². The zero-order valence-corrected chi connectivity index (χ0v) is 18.2. The average molecular weight is 437 g/mol. The van der Waals surface area contributed by atoms with Crippen LogP contribution in [-0.2, 0) is 20.7 Å². The van der Waals surface area contributed by atoms with Gasteiger partial charge in [-0.2, -0.15) is 0 Å². The number of Topliss-reactive ketones (excluding diaryl/α,β-unsaturated/α-hetero) is 1. The quantitative estimate of drug-likeness (QED) is 0.440. The molecule has 0 fully saturated rings. The monoisotopic (exact) mass is 436 g/mol. The number of carbonyl (C=O) groups excluding carboxylic acids is 4. The maximum absolute atomic E-state index is 12.4. The Morgan fingerprint density at radius 3 is 2.48 bits per heavy atom. The van der Waals surface area contributed by atoms with Crippen LogP contribution < -0.4 is 10.6 Å². The number of esters is 1. The van der Waals surface area contributed by atoms with Crippen LogP contribution in [0.3, 0.4) is 0 Å². The molecule has 0 saturated carbocycles. The van der Waals surface area contributed by atoms with E-state index in [1.807, 2.05) is 6.07 Å². The molecule has 156 valence electrons. The Hall–Kier alpha value is -2.52. The summed E-state index contributed by atoms with van der Waals surface area (Å²) in [4.78, 5) is 49.8. The fourth-order valence-electron chi connectivity index (χ4n) is 2.44. The molecule has 1 unspecified atom stereocenters. The van der Waals surface area contributed by atoms with Crippen LogP contribution in [0.2, 0.25) is 0 Å². The predicted molar refractivity (Wildman–Crippen MR) is 112 cm³/mol. The number of hydrogen-bond donors (Lipinski definition) is 2. The average Bonchev–Trinajstić information content (AvgIpc) is 3.35. The van der Waals surface area contributed by atoms with Crippen molar-refractivity contribution in [2.24, 2.45) is 5.92 Å². The van der Waals surface area contributed by atoms with Gasteiger partial charge in [0, 0.05) is 18.3 Å². The van der Waals surface area contributed by atoms with Gasteiger partial charge in [0.05, 0.1) is 9.75 Å². The van der Waals surface area contributed by atoms with Crippen LogP contribution in [-0.4, -0.2) is 42.8 Å². The summed E-state index contributed by atoms with van der Waals surface area (Å²) in [5.41, 5.74) is 0. The molecule has 0 aliphatic carbocycles. The second-order valence-electron chi connectivity index (χ2n) is 6.70. The fourth-order valence-corrected chi connectivity index (χ4v) is 4.00. The van der Waals surface area contributed by atoms with Crippen molar-refractivity contribution in [3.05, 3.63) is 44.3 Å². The van der Waals surface area contributed by atoms with Crippen LogP contribution in [0.15, 0.2) is 29.6 Å². The molecule has 2 N–H and O–H groups in total. The molecule has 0 saturated heterocycles. The largest absolute Gasteiger partial charge is 0.456 e. The van der Waals surface area contributed by atoms with E-state index >= 15 is 0 Å². The molecular weight excluding hydrogens is 412 g/mol. The highest BCUT2D eigenvalue weighted by Gasteiger charge is 2.27. The highest BCUT2D eigenvalue weighted by Crippen LogP contribution is 2.18. The molecular formula is C20H24N2O5S2. The third-order valence-electron chi connectivity index (χ3n) is 3.98. The van der Waals surface area contributed by atoms with Crippen molar-refractivity contribution < 1.29 is 23.9 Å². The number of thiophene rings is 2. The molecule has 0 radical (unpaired) electrons. The molecule has 2 aromatic heterocycles. The molecule has 29 heavy (non-hydrogen) atoms. The molecule has 0 aliphatic rings. The van der Waals surface area contributed by atoms with E-state index < -0.39 is 12.0 Å². The van der Waals surface area contributed by atoms with Gasteiger partial charge in [0.1, 0.15) is 6.04 Å². The minimum Gasteiger partial charge on any atom is -0.456 e. The number of hydrogen-bond acceptors (Lipinski definition) is 7. The molecule has 9 heteroatoms. The van der Waals surface area contributed by atoms with Crippen LogP contribution >= 0.6 is 22.7 Å². The number of rotatable bonds is 10. The summed E-state index contributed by atoms with van der Waals surface area (Å²) < 4.78 is 5.17. The van der Waals surface area contributed by atoms with E-state index in [0.29, 0.717) is 22.7 Å². The standard InChI is InChI=1S/C20H24N2O5S2/c1-12(2)18(22-19(25)17-5-4-10-28-17)20(26)27-11-15(24)16-7-6-14(29-16)8-9-21-13(3)23/h4-7,10,12,18H,8-9,11H2,1-3H3,(H,21,23)(H,22,25). The van der Waals surface area contributed by atoms with Gasteiger partial charge in [0.15, 0.2) is 6.61 Å². The minimum atomic E-state index is -0.839. The highest BCUT2D eigenvalue weighted by molar-refractivity contribution is 7.14. The van der Waals surface area contributed by atoms with Gasteiger partial charge in [-0.25, -0.2) is 4.79 Å². The van der Waals surface area contributed by atoms with Gasteiger partial charge in [0.25, 0.3) is 5.91 Å². The highest BCUT2D eigenvalue weighted by atomic mass is 32.1. The molecule has 0 aromatic carbocycles. The van der Waals surface area contributed by atoms with Crippen LogP contribution in [0.1, 0.15) is 45.0 Å². The third-order valence-corrected chi connectivity index (χ3v) is 6.03. The summed E-state index contributed by atoms with van der Waals surface area (Å²) in [5.74, 6) is -1.58. The van der Waals surface area contributed by atoms with Crippen LogP contribution in [0.4, 0.5) is 0 Å². The van der Waals surface area contributed by atoms with E-state index in [1.165, 1.54) is 29.6 Å².